The van der Waals surface area contributed by atoms with Crippen LogP contribution in [0.3, 0.4) is 0 Å². The highest BCUT2D eigenvalue weighted by Gasteiger charge is 2.38. The van der Waals surface area contributed by atoms with E-state index in [4.69, 9.17) is 9.84 Å². The Morgan fingerprint density at radius 1 is 1.04 bits per heavy atom. The fourth-order valence-corrected chi connectivity index (χ4v) is 2.01. The number of rotatable bonds is 4. The van der Waals surface area contributed by atoms with Gasteiger partial charge in [-0.05, 0) is 17.7 Å². The summed E-state index contributed by atoms with van der Waals surface area (Å²) in [7, 11) is 0. The topological polar surface area (TPSA) is 75.6 Å². The highest BCUT2D eigenvalue weighted by molar-refractivity contribution is 5.94. The monoisotopic (exact) mass is 339 g/mol. The number of benzene rings is 2. The molecule has 2 rings (SSSR count). The van der Waals surface area contributed by atoms with Gasteiger partial charge >= 0.3 is 18.2 Å². The molecule has 1 amide bonds. The van der Waals surface area contributed by atoms with Crippen molar-refractivity contribution >= 4 is 17.7 Å². The van der Waals surface area contributed by atoms with E-state index in [1.807, 2.05) is 5.32 Å². The quantitative estimate of drug-likeness (QED) is 0.877. The molecule has 0 fully saturated rings. The summed E-state index contributed by atoms with van der Waals surface area (Å²) >= 11 is 0. The van der Waals surface area contributed by atoms with Crippen LogP contribution in [0.1, 0.15) is 21.5 Å². The molecule has 0 aliphatic rings. The molecule has 0 bridgehead atoms. The Kier molecular flexibility index (Phi) is 5.08. The number of hydrogen-bond donors (Lipinski definition) is 2. The molecule has 0 aromatic heterocycles. The number of ether oxygens (including phenoxy) is 1. The lowest BCUT2D eigenvalue weighted by Crippen LogP contribution is -2.20. The van der Waals surface area contributed by atoms with Crippen LogP contribution in [0.2, 0.25) is 0 Å². The van der Waals surface area contributed by atoms with Gasteiger partial charge in [0.2, 0.25) is 0 Å². The molecule has 0 spiro atoms. The van der Waals surface area contributed by atoms with Crippen molar-refractivity contribution in [3.63, 3.8) is 0 Å². The van der Waals surface area contributed by atoms with Gasteiger partial charge < -0.3 is 9.84 Å². The minimum Gasteiger partial charge on any atom is -0.478 e. The zero-order valence-corrected chi connectivity index (χ0v) is 12.1. The van der Waals surface area contributed by atoms with Crippen LogP contribution in [-0.2, 0) is 17.5 Å². The number of alkyl halides is 3. The third-order valence-corrected chi connectivity index (χ3v) is 3.03. The van der Waals surface area contributed by atoms with Crippen molar-refractivity contribution in [1.29, 1.82) is 0 Å². The molecule has 2 aromatic carbocycles. The Labute approximate surface area is 134 Å². The van der Waals surface area contributed by atoms with Gasteiger partial charge in [0.25, 0.3) is 0 Å². The van der Waals surface area contributed by atoms with E-state index in [1.54, 1.807) is 30.3 Å². The van der Waals surface area contributed by atoms with Gasteiger partial charge in [0.15, 0.2) is 0 Å². The molecule has 0 aliphatic heterocycles. The highest BCUT2D eigenvalue weighted by atomic mass is 19.4. The van der Waals surface area contributed by atoms with Gasteiger partial charge in [-0.2, -0.15) is 13.2 Å². The van der Waals surface area contributed by atoms with E-state index < -0.39 is 35.1 Å². The molecule has 0 radical (unpaired) electrons. The van der Waals surface area contributed by atoms with Crippen LogP contribution in [0.5, 0.6) is 0 Å². The van der Waals surface area contributed by atoms with E-state index in [0.29, 0.717) is 5.56 Å². The first-order valence-electron chi connectivity index (χ1n) is 6.70. The Morgan fingerprint density at radius 3 is 2.29 bits per heavy atom. The minimum atomic E-state index is -4.95. The fourth-order valence-electron chi connectivity index (χ4n) is 2.01. The molecular formula is C16H12F3NO4. The highest BCUT2D eigenvalue weighted by Crippen LogP contribution is 2.37. The SMILES string of the molecule is O=C(Nc1cccc(C(=O)O)c1C(F)(F)F)OCc1ccccc1. The van der Waals surface area contributed by atoms with E-state index in [2.05, 4.69) is 0 Å². The van der Waals surface area contributed by atoms with Crippen LogP contribution in [0, 0.1) is 0 Å². The van der Waals surface area contributed by atoms with Gasteiger partial charge in [0.1, 0.15) is 6.61 Å². The summed E-state index contributed by atoms with van der Waals surface area (Å²) < 4.78 is 44.2. The first-order chi connectivity index (χ1) is 11.3. The number of anilines is 1. The summed E-state index contributed by atoms with van der Waals surface area (Å²) in [6, 6.07) is 11.4. The molecule has 0 heterocycles. The summed E-state index contributed by atoms with van der Waals surface area (Å²) in [5, 5.41) is 10.8. The first kappa shape index (κ1) is 17.3. The zero-order chi connectivity index (χ0) is 17.7. The lowest BCUT2D eigenvalue weighted by Gasteiger charge is -2.16. The predicted octanol–water partition coefficient (Wildman–Crippen LogP) is 4.15. The normalized spacial score (nSPS) is 11.0. The molecule has 0 unspecified atom stereocenters. The summed E-state index contributed by atoms with van der Waals surface area (Å²) in [5.74, 6) is -1.75. The molecule has 2 aromatic rings. The van der Waals surface area contributed by atoms with E-state index in [0.717, 1.165) is 18.2 Å². The number of nitrogens with one attached hydrogen (secondary N) is 1. The second kappa shape index (κ2) is 7.03. The zero-order valence-electron chi connectivity index (χ0n) is 12.1. The van der Waals surface area contributed by atoms with E-state index >= 15 is 0 Å². The van der Waals surface area contributed by atoms with E-state index in [-0.39, 0.29) is 6.61 Å². The van der Waals surface area contributed by atoms with Crippen molar-refractivity contribution in [1.82, 2.24) is 0 Å². The molecule has 5 nitrogen and oxygen atoms in total. The molecule has 24 heavy (non-hydrogen) atoms. The lowest BCUT2D eigenvalue weighted by molar-refractivity contribution is -0.137. The van der Waals surface area contributed by atoms with Crippen molar-refractivity contribution in [3.8, 4) is 0 Å². The Hall–Kier alpha value is -3.03. The summed E-state index contributed by atoms with van der Waals surface area (Å²) in [5.41, 5.74) is -2.42. The number of halogens is 3. The molecule has 2 N–H and O–H groups in total. The van der Waals surface area contributed by atoms with Crippen LogP contribution in [0.25, 0.3) is 0 Å². The molecule has 0 atom stereocenters. The molecule has 0 saturated heterocycles. The standard InChI is InChI=1S/C16H12F3NO4/c17-16(18,19)13-11(14(21)22)7-4-8-12(13)20-15(23)24-9-10-5-2-1-3-6-10/h1-8H,9H2,(H,20,23)(H,21,22). The maximum absolute atomic E-state index is 13.1. The van der Waals surface area contributed by atoms with Crippen LogP contribution in [0.15, 0.2) is 48.5 Å². The molecule has 8 heteroatoms. The Balaban J connectivity index is 2.18. The smallest absolute Gasteiger partial charge is 0.419 e. The third kappa shape index (κ3) is 4.25. The molecule has 0 aliphatic carbocycles. The predicted molar refractivity (Wildman–Crippen MR) is 78.7 cm³/mol. The molecule has 0 saturated carbocycles. The van der Waals surface area contributed by atoms with Crippen LogP contribution < -0.4 is 5.32 Å². The number of amides is 1. The average molecular weight is 339 g/mol. The van der Waals surface area contributed by atoms with Crippen molar-refractivity contribution in [2.75, 3.05) is 5.32 Å². The number of carbonyl (C=O) groups is 2. The average Bonchev–Trinajstić information content (AvgIpc) is 2.52. The Bertz CT molecular complexity index is 745. The van der Waals surface area contributed by atoms with Crippen LogP contribution in [-0.4, -0.2) is 17.2 Å². The van der Waals surface area contributed by atoms with Crippen LogP contribution in [0.4, 0.5) is 23.7 Å². The minimum absolute atomic E-state index is 0.132. The van der Waals surface area contributed by atoms with Crippen molar-refractivity contribution in [2.45, 2.75) is 12.8 Å². The molecular weight excluding hydrogens is 327 g/mol. The number of carbonyl (C=O) groups excluding carboxylic acids is 1. The Morgan fingerprint density at radius 2 is 1.71 bits per heavy atom. The van der Waals surface area contributed by atoms with Gasteiger partial charge in [0.05, 0.1) is 16.8 Å². The van der Waals surface area contributed by atoms with Crippen LogP contribution >= 0.6 is 0 Å². The lowest BCUT2D eigenvalue weighted by atomic mass is 10.0. The second-order valence-corrected chi connectivity index (χ2v) is 4.72. The van der Waals surface area contributed by atoms with Gasteiger partial charge in [-0.3, -0.25) is 5.32 Å². The largest absolute Gasteiger partial charge is 0.478 e. The first-order valence-corrected chi connectivity index (χ1v) is 6.70. The van der Waals surface area contributed by atoms with E-state index in [9.17, 15) is 22.8 Å². The van der Waals surface area contributed by atoms with Gasteiger partial charge in [-0.15, -0.1) is 0 Å². The van der Waals surface area contributed by atoms with Crippen molar-refractivity contribution < 1.29 is 32.6 Å². The second-order valence-electron chi connectivity index (χ2n) is 4.72. The maximum Gasteiger partial charge on any atom is 0.419 e. The van der Waals surface area contributed by atoms with Gasteiger partial charge in [0, 0.05) is 0 Å². The van der Waals surface area contributed by atoms with E-state index in [1.165, 1.54) is 0 Å². The third-order valence-electron chi connectivity index (χ3n) is 3.03. The van der Waals surface area contributed by atoms with Gasteiger partial charge in [-0.1, -0.05) is 36.4 Å². The number of hydrogen-bond acceptors (Lipinski definition) is 3. The van der Waals surface area contributed by atoms with Crippen molar-refractivity contribution in [3.05, 3.63) is 65.2 Å². The summed E-state index contributed by atoms with van der Waals surface area (Å²) in [6.45, 7) is -0.132. The van der Waals surface area contributed by atoms with Crippen molar-refractivity contribution in [2.24, 2.45) is 0 Å². The number of carboxylic acids is 1. The summed E-state index contributed by atoms with van der Waals surface area (Å²) in [6.07, 6.45) is -6.07. The number of aromatic carboxylic acids is 1. The fraction of sp³-hybridized carbons (Fsp3) is 0.125. The number of carboxylic acid groups (broad SMARTS) is 1. The molecule has 126 valence electrons. The maximum atomic E-state index is 13.1. The van der Waals surface area contributed by atoms with Gasteiger partial charge in [-0.25, -0.2) is 9.59 Å². The summed E-state index contributed by atoms with van der Waals surface area (Å²) in [4.78, 5) is 22.7.